The third-order valence-electron chi connectivity index (χ3n) is 5.52. The first kappa shape index (κ1) is 26.8. The Hall–Kier alpha value is -2.42. The highest BCUT2D eigenvalue weighted by Crippen LogP contribution is 2.26. The number of aromatic hydroxyl groups is 1. The van der Waals surface area contributed by atoms with Gasteiger partial charge in [0.25, 0.3) is 0 Å². The summed E-state index contributed by atoms with van der Waals surface area (Å²) in [5.41, 5.74) is -0.140. The van der Waals surface area contributed by atoms with Crippen molar-refractivity contribution < 1.29 is 24.2 Å². The number of hydrogen-bond donors (Lipinski definition) is 4. The van der Waals surface area contributed by atoms with Gasteiger partial charge in [0.2, 0.25) is 11.8 Å². The number of carbonyl (C=O) groups excluding carboxylic acids is 3. The molecule has 0 bridgehead atoms. The van der Waals surface area contributed by atoms with Crippen LogP contribution in [-0.4, -0.2) is 57.9 Å². The van der Waals surface area contributed by atoms with Crippen LogP contribution < -0.4 is 10.6 Å². The van der Waals surface area contributed by atoms with Crippen molar-refractivity contribution in [3.63, 3.8) is 0 Å². The third kappa shape index (κ3) is 8.14. The van der Waals surface area contributed by atoms with Crippen molar-refractivity contribution in [1.29, 1.82) is 0 Å². The van der Waals surface area contributed by atoms with Gasteiger partial charge in [-0.1, -0.05) is 31.4 Å². The first-order valence-corrected chi connectivity index (χ1v) is 12.2. The Bertz CT molecular complexity index is 803. The number of rotatable bonds is 8. The molecule has 3 amide bonds. The molecule has 0 radical (unpaired) electrons. The highest BCUT2D eigenvalue weighted by Gasteiger charge is 2.35. The summed E-state index contributed by atoms with van der Waals surface area (Å²) in [6.45, 7) is 7.22. The molecule has 0 spiro atoms. The maximum absolute atomic E-state index is 13.5. The predicted octanol–water partition coefficient (Wildman–Crippen LogP) is 3.55. The van der Waals surface area contributed by atoms with Crippen LogP contribution in [0, 0.1) is 0 Å². The standard InChI is InChI=1S/C24H37N3O5S/c1-5-27(22(30)19(15-33)26-23(31)32-24(2,3)4)20(16-11-13-18(28)14-12-16)21(29)25-17-9-7-6-8-10-17/h11-14,17,19-20,28,33H,5-10,15H2,1-4H3,(H,25,29)(H,26,31). The highest BCUT2D eigenvalue weighted by atomic mass is 32.1. The summed E-state index contributed by atoms with van der Waals surface area (Å²) in [7, 11) is 0. The van der Waals surface area contributed by atoms with E-state index in [0.29, 0.717) is 5.56 Å². The second-order valence-electron chi connectivity index (χ2n) is 9.34. The molecule has 0 aliphatic heterocycles. The maximum atomic E-state index is 13.5. The normalized spacial score (nSPS) is 16.4. The molecule has 0 aromatic heterocycles. The van der Waals surface area contributed by atoms with Crippen LogP contribution in [0.15, 0.2) is 24.3 Å². The average molecular weight is 480 g/mol. The molecule has 0 saturated heterocycles. The number of benzene rings is 1. The van der Waals surface area contributed by atoms with E-state index in [2.05, 4.69) is 23.3 Å². The second kappa shape index (κ2) is 12.2. The molecule has 1 fully saturated rings. The first-order valence-electron chi connectivity index (χ1n) is 11.6. The topological polar surface area (TPSA) is 108 Å². The molecule has 2 rings (SSSR count). The number of alkyl carbamates (subject to hydrolysis) is 1. The third-order valence-corrected chi connectivity index (χ3v) is 5.88. The smallest absolute Gasteiger partial charge is 0.408 e. The van der Waals surface area contributed by atoms with Gasteiger partial charge >= 0.3 is 6.09 Å². The Labute approximate surface area is 201 Å². The van der Waals surface area contributed by atoms with Crippen LogP contribution >= 0.6 is 12.6 Å². The summed E-state index contributed by atoms with van der Waals surface area (Å²) in [4.78, 5) is 40.6. The lowest BCUT2D eigenvalue weighted by Crippen LogP contribution is -2.54. The van der Waals surface area contributed by atoms with E-state index in [0.717, 1.165) is 32.1 Å². The number of phenols is 1. The quantitative estimate of drug-likeness (QED) is 0.427. The van der Waals surface area contributed by atoms with Gasteiger partial charge in [0.1, 0.15) is 23.4 Å². The Morgan fingerprint density at radius 2 is 1.76 bits per heavy atom. The minimum Gasteiger partial charge on any atom is -0.508 e. The average Bonchev–Trinajstić information content (AvgIpc) is 2.75. The molecular weight excluding hydrogens is 442 g/mol. The van der Waals surface area contributed by atoms with Gasteiger partial charge in [0.15, 0.2) is 0 Å². The fourth-order valence-electron chi connectivity index (χ4n) is 3.96. The molecule has 1 aliphatic rings. The maximum Gasteiger partial charge on any atom is 0.408 e. The van der Waals surface area contributed by atoms with Crippen LogP contribution in [0.5, 0.6) is 5.75 Å². The Morgan fingerprint density at radius 3 is 2.27 bits per heavy atom. The van der Waals surface area contributed by atoms with Crippen molar-refractivity contribution in [3.8, 4) is 5.75 Å². The van der Waals surface area contributed by atoms with Gasteiger partial charge in [-0.15, -0.1) is 0 Å². The van der Waals surface area contributed by atoms with E-state index in [1.165, 1.54) is 17.0 Å². The van der Waals surface area contributed by atoms with Crippen LogP contribution in [-0.2, 0) is 14.3 Å². The Morgan fingerprint density at radius 1 is 1.15 bits per heavy atom. The lowest BCUT2D eigenvalue weighted by molar-refractivity contribution is -0.142. The lowest BCUT2D eigenvalue weighted by atomic mass is 9.94. The van der Waals surface area contributed by atoms with Crippen molar-refractivity contribution in [1.82, 2.24) is 15.5 Å². The van der Waals surface area contributed by atoms with E-state index < -0.39 is 29.7 Å². The van der Waals surface area contributed by atoms with E-state index in [1.54, 1.807) is 39.8 Å². The molecular formula is C24H37N3O5S. The van der Waals surface area contributed by atoms with Crippen LogP contribution in [0.1, 0.15) is 71.4 Å². The number of phenolic OH excluding ortho intramolecular Hbond substituents is 1. The number of amides is 3. The van der Waals surface area contributed by atoms with Gasteiger partial charge in [0, 0.05) is 18.3 Å². The molecule has 1 aromatic rings. The van der Waals surface area contributed by atoms with E-state index in [-0.39, 0.29) is 30.0 Å². The van der Waals surface area contributed by atoms with Crippen molar-refractivity contribution in [3.05, 3.63) is 29.8 Å². The van der Waals surface area contributed by atoms with Crippen molar-refractivity contribution in [2.45, 2.75) is 83.5 Å². The molecule has 2 unspecified atom stereocenters. The zero-order valence-electron chi connectivity index (χ0n) is 20.0. The summed E-state index contributed by atoms with van der Waals surface area (Å²) in [5.74, 6) is -0.603. The van der Waals surface area contributed by atoms with Gasteiger partial charge < -0.3 is 25.4 Å². The van der Waals surface area contributed by atoms with E-state index in [4.69, 9.17) is 4.74 Å². The number of likely N-dealkylation sites (N-methyl/N-ethyl adjacent to an activating group) is 1. The van der Waals surface area contributed by atoms with Crippen molar-refractivity contribution in [2.24, 2.45) is 0 Å². The molecule has 0 heterocycles. The number of hydrogen-bond acceptors (Lipinski definition) is 6. The molecule has 184 valence electrons. The largest absolute Gasteiger partial charge is 0.508 e. The minimum absolute atomic E-state index is 0.0428. The van der Waals surface area contributed by atoms with Crippen molar-refractivity contribution in [2.75, 3.05) is 12.3 Å². The van der Waals surface area contributed by atoms with Crippen LogP contribution in [0.4, 0.5) is 4.79 Å². The summed E-state index contributed by atoms with van der Waals surface area (Å²) < 4.78 is 5.28. The molecule has 1 saturated carbocycles. The zero-order chi connectivity index (χ0) is 24.6. The number of thiol groups is 1. The first-order chi connectivity index (χ1) is 15.6. The molecule has 1 aliphatic carbocycles. The molecule has 8 nitrogen and oxygen atoms in total. The van der Waals surface area contributed by atoms with Gasteiger partial charge in [-0.3, -0.25) is 9.59 Å². The molecule has 9 heteroatoms. The molecule has 1 aromatic carbocycles. The van der Waals surface area contributed by atoms with Gasteiger partial charge in [0.05, 0.1) is 0 Å². The van der Waals surface area contributed by atoms with E-state index >= 15 is 0 Å². The van der Waals surface area contributed by atoms with Crippen LogP contribution in [0.3, 0.4) is 0 Å². The number of nitrogens with zero attached hydrogens (tertiary/aromatic N) is 1. The number of nitrogens with one attached hydrogen (secondary N) is 2. The van der Waals surface area contributed by atoms with Gasteiger partial charge in [-0.2, -0.15) is 12.6 Å². The highest BCUT2D eigenvalue weighted by molar-refractivity contribution is 7.80. The number of ether oxygens (including phenoxy) is 1. The zero-order valence-corrected chi connectivity index (χ0v) is 20.9. The monoisotopic (exact) mass is 479 g/mol. The molecule has 2 atom stereocenters. The fraction of sp³-hybridized carbons (Fsp3) is 0.625. The second-order valence-corrected chi connectivity index (χ2v) is 9.71. The van der Waals surface area contributed by atoms with Gasteiger partial charge in [-0.25, -0.2) is 4.79 Å². The Kier molecular flexibility index (Phi) is 9.88. The predicted molar refractivity (Wildman–Crippen MR) is 130 cm³/mol. The fourth-order valence-corrected chi connectivity index (χ4v) is 4.21. The van der Waals surface area contributed by atoms with Gasteiger partial charge in [-0.05, 0) is 58.2 Å². The summed E-state index contributed by atoms with van der Waals surface area (Å²) in [5, 5.41) is 15.4. The molecule has 33 heavy (non-hydrogen) atoms. The molecule has 3 N–H and O–H groups in total. The van der Waals surface area contributed by atoms with Crippen molar-refractivity contribution >= 4 is 30.5 Å². The van der Waals surface area contributed by atoms with Crippen LogP contribution in [0.25, 0.3) is 0 Å². The van der Waals surface area contributed by atoms with E-state index in [1.807, 2.05) is 0 Å². The van der Waals surface area contributed by atoms with E-state index in [9.17, 15) is 19.5 Å². The number of carbonyl (C=O) groups is 3. The van der Waals surface area contributed by atoms with Crippen LogP contribution in [0.2, 0.25) is 0 Å². The summed E-state index contributed by atoms with van der Waals surface area (Å²) in [6, 6.07) is 4.44. The SMILES string of the molecule is CCN(C(=O)C(CS)NC(=O)OC(C)(C)C)C(C(=O)NC1CCCCC1)c1ccc(O)cc1. The lowest BCUT2D eigenvalue weighted by Gasteiger charge is -2.34. The minimum atomic E-state index is -0.967. The summed E-state index contributed by atoms with van der Waals surface area (Å²) >= 11 is 4.25. The Balaban J connectivity index is 2.28. The summed E-state index contributed by atoms with van der Waals surface area (Å²) in [6.07, 6.45) is 4.38.